The molecular weight excluding hydrogens is 364 g/mol. The molecule has 0 radical (unpaired) electrons. The maximum atomic E-state index is 13.4. The number of nitrogens with one attached hydrogen (secondary N) is 2. The minimum absolute atomic E-state index is 0.109. The van der Waals surface area contributed by atoms with Crippen molar-refractivity contribution in [1.29, 1.82) is 0 Å². The molecule has 3 aliphatic rings. The van der Waals surface area contributed by atoms with Gasteiger partial charge in [-0.15, -0.1) is 0 Å². The van der Waals surface area contributed by atoms with Crippen molar-refractivity contribution >= 4 is 17.5 Å². The zero-order valence-electron chi connectivity index (χ0n) is 16.8. The molecule has 2 bridgehead atoms. The number of rotatable bonds is 2. The Bertz CT molecular complexity index is 1000. The number of amides is 2. The van der Waals surface area contributed by atoms with Crippen molar-refractivity contribution in [1.82, 2.24) is 5.32 Å². The van der Waals surface area contributed by atoms with E-state index < -0.39 is 11.6 Å². The Morgan fingerprint density at radius 2 is 2.00 bits per heavy atom. The molecule has 0 aromatic heterocycles. The lowest BCUT2D eigenvalue weighted by Crippen LogP contribution is -2.69. The Hall–Kier alpha value is -2.82. The summed E-state index contributed by atoms with van der Waals surface area (Å²) in [6, 6.07) is 13.8. The molecule has 5 rings (SSSR count). The summed E-state index contributed by atoms with van der Waals surface area (Å²) in [4.78, 5) is 26.6. The second-order valence-corrected chi connectivity index (χ2v) is 8.68. The van der Waals surface area contributed by atoms with Crippen LogP contribution >= 0.6 is 0 Å². The number of hydrogen-bond donors (Lipinski definition) is 2. The maximum absolute atomic E-state index is 13.4. The Morgan fingerprint density at radius 3 is 2.86 bits per heavy atom. The van der Waals surface area contributed by atoms with E-state index in [9.17, 15) is 9.59 Å². The molecule has 29 heavy (non-hydrogen) atoms. The van der Waals surface area contributed by atoms with E-state index in [0.29, 0.717) is 0 Å². The summed E-state index contributed by atoms with van der Waals surface area (Å²) < 4.78 is 6.38. The van der Waals surface area contributed by atoms with E-state index in [-0.39, 0.29) is 23.7 Å². The molecule has 150 valence electrons. The lowest BCUT2D eigenvalue weighted by Gasteiger charge is -2.56. The Morgan fingerprint density at radius 1 is 1.17 bits per heavy atom. The highest BCUT2D eigenvalue weighted by Crippen LogP contribution is 2.55. The molecule has 2 aromatic rings. The van der Waals surface area contributed by atoms with Gasteiger partial charge in [-0.1, -0.05) is 36.8 Å². The van der Waals surface area contributed by atoms with Gasteiger partial charge in [0, 0.05) is 23.9 Å². The molecule has 1 aliphatic carbocycles. The van der Waals surface area contributed by atoms with Crippen molar-refractivity contribution in [2.75, 3.05) is 5.32 Å². The molecular formula is C24H26N2O3. The fourth-order valence-corrected chi connectivity index (χ4v) is 5.43. The SMILES string of the molecule is Cc1ccc(C)c(NC(=O)C2C(=O)NC34CCCCC3C2c2ccccc2O4)c1. The van der Waals surface area contributed by atoms with Crippen LogP contribution in [0.1, 0.15) is 48.3 Å². The predicted octanol–water partition coefficient (Wildman–Crippen LogP) is 4.05. The van der Waals surface area contributed by atoms with Crippen LogP contribution in [0, 0.1) is 25.7 Å². The average Bonchev–Trinajstić information content (AvgIpc) is 2.69. The first-order chi connectivity index (χ1) is 14.0. The maximum Gasteiger partial charge on any atom is 0.237 e. The fourth-order valence-electron chi connectivity index (χ4n) is 5.43. The largest absolute Gasteiger partial charge is 0.467 e. The van der Waals surface area contributed by atoms with E-state index in [1.54, 1.807) is 0 Å². The second kappa shape index (κ2) is 6.61. The van der Waals surface area contributed by atoms with Crippen molar-refractivity contribution in [3.8, 4) is 5.75 Å². The smallest absolute Gasteiger partial charge is 0.237 e. The molecule has 5 nitrogen and oxygen atoms in total. The fraction of sp³-hybridized carbons (Fsp3) is 0.417. The van der Waals surface area contributed by atoms with Gasteiger partial charge in [0.25, 0.3) is 0 Å². The second-order valence-electron chi connectivity index (χ2n) is 8.68. The van der Waals surface area contributed by atoms with Crippen LogP contribution in [-0.2, 0) is 9.59 Å². The Balaban J connectivity index is 1.56. The zero-order chi connectivity index (χ0) is 20.2. The number of carbonyl (C=O) groups excluding carboxylic acids is 2. The summed E-state index contributed by atoms with van der Waals surface area (Å²) in [6.45, 7) is 3.96. The van der Waals surface area contributed by atoms with E-state index in [1.165, 1.54) is 0 Å². The summed E-state index contributed by atoms with van der Waals surface area (Å²) in [5.41, 5.74) is 3.13. The van der Waals surface area contributed by atoms with Crippen LogP contribution < -0.4 is 15.4 Å². The van der Waals surface area contributed by atoms with E-state index in [4.69, 9.17) is 4.74 Å². The molecule has 2 aliphatic heterocycles. The first kappa shape index (κ1) is 18.2. The molecule has 2 heterocycles. The van der Waals surface area contributed by atoms with Gasteiger partial charge in [-0.25, -0.2) is 0 Å². The number of anilines is 1. The molecule has 0 spiro atoms. The van der Waals surface area contributed by atoms with Crippen molar-refractivity contribution in [3.63, 3.8) is 0 Å². The van der Waals surface area contributed by atoms with Crippen LogP contribution in [0.4, 0.5) is 5.69 Å². The van der Waals surface area contributed by atoms with Crippen LogP contribution in [0.2, 0.25) is 0 Å². The number of benzene rings is 2. The average molecular weight is 390 g/mol. The molecule has 2 aromatic carbocycles. The summed E-state index contributed by atoms with van der Waals surface area (Å²) >= 11 is 0. The topological polar surface area (TPSA) is 67.4 Å². The molecule has 5 heteroatoms. The van der Waals surface area contributed by atoms with Crippen LogP contribution in [0.25, 0.3) is 0 Å². The van der Waals surface area contributed by atoms with Gasteiger partial charge in [-0.2, -0.15) is 0 Å². The standard InChI is InChI=1S/C24H26N2O3/c1-14-10-11-15(2)18(13-14)25-22(27)21-20-16-7-3-4-9-19(16)29-24(26-23(21)28)12-6-5-8-17(20)24/h3-4,7,9-11,13,17,20-21H,5-6,8,12H2,1-2H3,(H,25,27)(H,26,28). The monoisotopic (exact) mass is 390 g/mol. The first-order valence-corrected chi connectivity index (χ1v) is 10.5. The predicted molar refractivity (Wildman–Crippen MR) is 111 cm³/mol. The molecule has 1 saturated heterocycles. The van der Waals surface area contributed by atoms with Gasteiger partial charge in [0.2, 0.25) is 11.8 Å². The number of carbonyl (C=O) groups is 2. The summed E-state index contributed by atoms with van der Waals surface area (Å²) in [7, 11) is 0. The van der Waals surface area contributed by atoms with Crippen LogP contribution in [0.3, 0.4) is 0 Å². The highest BCUT2D eigenvalue weighted by atomic mass is 16.5. The Kier molecular flexibility index (Phi) is 4.16. The highest BCUT2D eigenvalue weighted by Gasteiger charge is 2.60. The lowest BCUT2D eigenvalue weighted by atomic mass is 9.62. The van der Waals surface area contributed by atoms with Crippen molar-refractivity contribution in [2.45, 2.75) is 51.2 Å². The number of piperidine rings is 1. The van der Waals surface area contributed by atoms with Crippen LogP contribution in [0.15, 0.2) is 42.5 Å². The van der Waals surface area contributed by atoms with E-state index in [2.05, 4.69) is 10.6 Å². The third-order valence-corrected chi connectivity index (χ3v) is 6.83. The van der Waals surface area contributed by atoms with Gasteiger partial charge in [0.05, 0.1) is 0 Å². The number of fused-ring (bicyclic) bond motifs is 2. The molecule has 4 unspecified atom stereocenters. The molecule has 2 fully saturated rings. The first-order valence-electron chi connectivity index (χ1n) is 10.5. The summed E-state index contributed by atoms with van der Waals surface area (Å²) in [5, 5.41) is 6.16. The van der Waals surface area contributed by atoms with Crippen LogP contribution in [-0.4, -0.2) is 17.5 Å². The normalized spacial score (nSPS) is 29.7. The van der Waals surface area contributed by atoms with Crippen molar-refractivity contribution < 1.29 is 14.3 Å². The van der Waals surface area contributed by atoms with Gasteiger partial charge in [0.15, 0.2) is 5.72 Å². The zero-order valence-corrected chi connectivity index (χ0v) is 16.8. The van der Waals surface area contributed by atoms with Gasteiger partial charge in [0.1, 0.15) is 11.7 Å². The number of para-hydroxylation sites is 1. The molecule has 2 amide bonds. The van der Waals surface area contributed by atoms with Gasteiger partial charge < -0.3 is 15.4 Å². The minimum Gasteiger partial charge on any atom is -0.467 e. The van der Waals surface area contributed by atoms with E-state index in [0.717, 1.165) is 53.8 Å². The third kappa shape index (κ3) is 2.83. The molecule has 4 atom stereocenters. The van der Waals surface area contributed by atoms with Crippen molar-refractivity contribution in [3.05, 3.63) is 59.2 Å². The number of hydrogen-bond acceptors (Lipinski definition) is 3. The summed E-state index contributed by atoms with van der Waals surface area (Å²) in [6.07, 6.45) is 3.85. The minimum atomic E-state index is -0.767. The quantitative estimate of drug-likeness (QED) is 0.760. The number of ether oxygens (including phenoxy) is 1. The van der Waals surface area contributed by atoms with E-state index >= 15 is 0 Å². The molecule has 1 saturated carbocycles. The van der Waals surface area contributed by atoms with Crippen LogP contribution in [0.5, 0.6) is 5.75 Å². The van der Waals surface area contributed by atoms with Gasteiger partial charge in [-0.05, 0) is 55.5 Å². The summed E-state index contributed by atoms with van der Waals surface area (Å²) in [5.74, 6) is -0.503. The van der Waals surface area contributed by atoms with Gasteiger partial charge >= 0.3 is 0 Å². The van der Waals surface area contributed by atoms with E-state index in [1.807, 2.05) is 56.3 Å². The Labute approximate surface area is 170 Å². The highest BCUT2D eigenvalue weighted by molar-refractivity contribution is 6.08. The third-order valence-electron chi connectivity index (χ3n) is 6.83. The number of aryl methyl sites for hydroxylation is 2. The van der Waals surface area contributed by atoms with Gasteiger partial charge in [-0.3, -0.25) is 9.59 Å². The lowest BCUT2D eigenvalue weighted by molar-refractivity contribution is -0.160. The van der Waals surface area contributed by atoms with Crippen molar-refractivity contribution in [2.24, 2.45) is 11.8 Å². The molecule has 2 N–H and O–H groups in total.